The second-order valence-corrected chi connectivity index (χ2v) is 5.82. The molecule has 0 spiro atoms. The fraction of sp³-hybridized carbons (Fsp3) is 0.467. The Morgan fingerprint density at radius 1 is 1.43 bits per heavy atom. The van der Waals surface area contributed by atoms with E-state index in [0.29, 0.717) is 18.2 Å². The molecule has 0 aliphatic carbocycles. The minimum absolute atomic E-state index is 0.0208. The molecule has 1 amide bonds. The lowest BCUT2D eigenvalue weighted by Crippen LogP contribution is -2.30. The predicted molar refractivity (Wildman–Crippen MR) is 87.2 cm³/mol. The van der Waals surface area contributed by atoms with Gasteiger partial charge in [-0.25, -0.2) is 4.98 Å². The van der Waals surface area contributed by atoms with E-state index < -0.39 is 0 Å². The van der Waals surface area contributed by atoms with Crippen molar-refractivity contribution in [1.29, 1.82) is 0 Å². The molecular weight excluding hydrogens is 286 g/mol. The lowest BCUT2D eigenvalue weighted by Gasteiger charge is -2.10. The van der Waals surface area contributed by atoms with Crippen LogP contribution in [0.4, 0.5) is 5.13 Å². The van der Waals surface area contributed by atoms with Crippen LogP contribution in [0.25, 0.3) is 10.2 Å². The van der Waals surface area contributed by atoms with E-state index in [1.807, 2.05) is 39.0 Å². The molecule has 0 saturated carbocycles. The molecule has 0 aliphatic rings. The van der Waals surface area contributed by atoms with Gasteiger partial charge in [0.15, 0.2) is 5.13 Å². The zero-order chi connectivity index (χ0) is 15.2. The summed E-state index contributed by atoms with van der Waals surface area (Å²) in [6.07, 6.45) is 0.438. The quantitative estimate of drug-likeness (QED) is 0.825. The number of fused-ring (bicyclic) bond motifs is 1. The van der Waals surface area contributed by atoms with Crippen LogP contribution in [0.3, 0.4) is 0 Å². The van der Waals surface area contributed by atoms with E-state index in [0.717, 1.165) is 22.5 Å². The van der Waals surface area contributed by atoms with Crippen molar-refractivity contribution < 1.29 is 9.53 Å². The fourth-order valence-electron chi connectivity index (χ4n) is 2.08. The molecule has 0 bridgehead atoms. The lowest BCUT2D eigenvalue weighted by molar-refractivity contribution is -0.116. The van der Waals surface area contributed by atoms with Crippen molar-refractivity contribution >= 4 is 32.6 Å². The van der Waals surface area contributed by atoms with E-state index in [2.05, 4.69) is 15.6 Å². The van der Waals surface area contributed by atoms with E-state index in [-0.39, 0.29) is 11.9 Å². The zero-order valence-electron chi connectivity index (χ0n) is 12.6. The number of thiazole rings is 1. The van der Waals surface area contributed by atoms with Crippen molar-refractivity contribution in [2.24, 2.45) is 0 Å². The van der Waals surface area contributed by atoms with Crippen LogP contribution < -0.4 is 15.4 Å². The Morgan fingerprint density at radius 2 is 2.24 bits per heavy atom. The van der Waals surface area contributed by atoms with Crippen LogP contribution in [0.15, 0.2) is 18.2 Å². The number of amides is 1. The standard InChI is InChI=1S/C15H21N3O2S/c1-4-16-10(3)8-14(19)18-15-17-12-7-6-11(20-5-2)9-13(12)21-15/h6-7,9-10,16H,4-5,8H2,1-3H3,(H,17,18,19). The maximum Gasteiger partial charge on any atom is 0.227 e. The number of benzene rings is 1. The molecule has 1 aromatic carbocycles. The molecule has 0 fully saturated rings. The number of carbonyl (C=O) groups excluding carboxylic acids is 1. The molecule has 6 heteroatoms. The summed E-state index contributed by atoms with van der Waals surface area (Å²) in [6, 6.07) is 5.92. The number of aromatic nitrogens is 1. The average Bonchev–Trinajstić information content (AvgIpc) is 2.80. The maximum atomic E-state index is 11.9. The monoisotopic (exact) mass is 307 g/mol. The molecule has 5 nitrogen and oxygen atoms in total. The largest absolute Gasteiger partial charge is 0.494 e. The van der Waals surface area contributed by atoms with Gasteiger partial charge in [-0.2, -0.15) is 0 Å². The van der Waals surface area contributed by atoms with Crippen LogP contribution in [0.1, 0.15) is 27.2 Å². The SMILES string of the molecule is CCNC(C)CC(=O)Nc1nc2ccc(OCC)cc2s1. The summed E-state index contributed by atoms with van der Waals surface area (Å²) in [4.78, 5) is 16.4. The summed E-state index contributed by atoms with van der Waals surface area (Å²) in [6.45, 7) is 7.47. The van der Waals surface area contributed by atoms with Gasteiger partial charge in [0, 0.05) is 12.5 Å². The van der Waals surface area contributed by atoms with E-state index in [4.69, 9.17) is 4.74 Å². The molecular formula is C15H21N3O2S. The number of carbonyl (C=O) groups is 1. The summed E-state index contributed by atoms with van der Waals surface area (Å²) < 4.78 is 6.48. The molecule has 2 N–H and O–H groups in total. The van der Waals surface area contributed by atoms with Crippen LogP contribution in [-0.2, 0) is 4.79 Å². The second kappa shape index (κ2) is 7.38. The topological polar surface area (TPSA) is 63.2 Å². The first-order valence-electron chi connectivity index (χ1n) is 7.19. The predicted octanol–water partition coefficient (Wildman–Crippen LogP) is 3.02. The molecule has 21 heavy (non-hydrogen) atoms. The van der Waals surface area contributed by atoms with Crippen LogP contribution in [0.2, 0.25) is 0 Å². The highest BCUT2D eigenvalue weighted by atomic mass is 32.1. The maximum absolute atomic E-state index is 11.9. The third-order valence-electron chi connectivity index (χ3n) is 2.96. The van der Waals surface area contributed by atoms with Crippen molar-refractivity contribution in [2.45, 2.75) is 33.2 Å². The molecule has 1 atom stereocenters. The molecule has 1 unspecified atom stereocenters. The number of ether oxygens (including phenoxy) is 1. The first-order chi connectivity index (χ1) is 10.1. The zero-order valence-corrected chi connectivity index (χ0v) is 13.4. The minimum atomic E-state index is -0.0208. The number of rotatable bonds is 7. The van der Waals surface area contributed by atoms with Gasteiger partial charge in [-0.05, 0) is 38.6 Å². The Kier molecular flexibility index (Phi) is 5.52. The van der Waals surface area contributed by atoms with Gasteiger partial charge in [0.05, 0.1) is 16.8 Å². The number of anilines is 1. The van der Waals surface area contributed by atoms with E-state index in [9.17, 15) is 4.79 Å². The van der Waals surface area contributed by atoms with Gasteiger partial charge >= 0.3 is 0 Å². The summed E-state index contributed by atoms with van der Waals surface area (Å²) >= 11 is 1.46. The third kappa shape index (κ3) is 4.41. The van der Waals surface area contributed by atoms with Crippen LogP contribution in [-0.4, -0.2) is 30.1 Å². The van der Waals surface area contributed by atoms with E-state index in [1.54, 1.807) is 0 Å². The highest BCUT2D eigenvalue weighted by Crippen LogP contribution is 2.29. The smallest absolute Gasteiger partial charge is 0.227 e. The Hall–Kier alpha value is -1.66. The Bertz CT molecular complexity index is 612. The molecule has 1 heterocycles. The van der Waals surface area contributed by atoms with E-state index in [1.165, 1.54) is 11.3 Å². The Labute approximate surface area is 128 Å². The van der Waals surface area contributed by atoms with Crippen LogP contribution in [0, 0.1) is 0 Å². The van der Waals surface area contributed by atoms with Crippen molar-refractivity contribution in [3.8, 4) is 5.75 Å². The van der Waals surface area contributed by atoms with Gasteiger partial charge in [0.1, 0.15) is 5.75 Å². The van der Waals surface area contributed by atoms with Crippen LogP contribution in [0.5, 0.6) is 5.75 Å². The first-order valence-corrected chi connectivity index (χ1v) is 8.00. The summed E-state index contributed by atoms with van der Waals surface area (Å²) in [7, 11) is 0. The minimum Gasteiger partial charge on any atom is -0.494 e. The van der Waals surface area contributed by atoms with Crippen molar-refractivity contribution in [1.82, 2.24) is 10.3 Å². The molecule has 0 saturated heterocycles. The number of nitrogens with zero attached hydrogens (tertiary/aromatic N) is 1. The van der Waals surface area contributed by atoms with Gasteiger partial charge < -0.3 is 15.4 Å². The molecule has 114 valence electrons. The number of hydrogen-bond acceptors (Lipinski definition) is 5. The summed E-state index contributed by atoms with van der Waals surface area (Å²) in [5, 5.41) is 6.71. The normalized spacial score (nSPS) is 12.3. The summed E-state index contributed by atoms with van der Waals surface area (Å²) in [5.41, 5.74) is 0.874. The van der Waals surface area contributed by atoms with E-state index >= 15 is 0 Å². The summed E-state index contributed by atoms with van der Waals surface area (Å²) in [5.74, 6) is 0.805. The highest BCUT2D eigenvalue weighted by molar-refractivity contribution is 7.22. The molecule has 2 rings (SSSR count). The first kappa shape index (κ1) is 15.7. The molecule has 0 radical (unpaired) electrons. The fourth-order valence-corrected chi connectivity index (χ4v) is 2.99. The van der Waals surface area contributed by atoms with Gasteiger partial charge in [0.25, 0.3) is 0 Å². The van der Waals surface area contributed by atoms with Crippen molar-refractivity contribution in [2.75, 3.05) is 18.5 Å². The highest BCUT2D eigenvalue weighted by Gasteiger charge is 2.11. The molecule has 0 aliphatic heterocycles. The second-order valence-electron chi connectivity index (χ2n) is 4.79. The number of hydrogen-bond donors (Lipinski definition) is 2. The number of nitrogens with one attached hydrogen (secondary N) is 2. The van der Waals surface area contributed by atoms with Gasteiger partial charge in [-0.15, -0.1) is 0 Å². The van der Waals surface area contributed by atoms with Gasteiger partial charge in [0.2, 0.25) is 5.91 Å². The van der Waals surface area contributed by atoms with Crippen LogP contribution >= 0.6 is 11.3 Å². The Balaban J connectivity index is 2.03. The van der Waals surface area contributed by atoms with Gasteiger partial charge in [-0.1, -0.05) is 18.3 Å². The molecule has 1 aromatic heterocycles. The third-order valence-corrected chi connectivity index (χ3v) is 3.90. The lowest BCUT2D eigenvalue weighted by atomic mass is 10.2. The Morgan fingerprint density at radius 3 is 2.95 bits per heavy atom. The van der Waals surface area contributed by atoms with Crippen molar-refractivity contribution in [3.05, 3.63) is 18.2 Å². The van der Waals surface area contributed by atoms with Gasteiger partial charge in [-0.3, -0.25) is 4.79 Å². The molecule has 2 aromatic rings. The average molecular weight is 307 g/mol. The van der Waals surface area contributed by atoms with Crippen molar-refractivity contribution in [3.63, 3.8) is 0 Å².